The van der Waals surface area contributed by atoms with Crippen molar-refractivity contribution in [3.63, 3.8) is 0 Å². The van der Waals surface area contributed by atoms with Crippen LogP contribution in [0.4, 0.5) is 0 Å². The zero-order valence-electron chi connectivity index (χ0n) is 10.2. The number of pyridine rings is 1. The molecule has 2 heteroatoms. The van der Waals surface area contributed by atoms with Crippen LogP contribution in [0.1, 0.15) is 50.3 Å². The van der Waals surface area contributed by atoms with Crippen LogP contribution in [-0.4, -0.2) is 12.0 Å². The molecule has 0 spiro atoms. The molecule has 0 radical (unpaired) electrons. The van der Waals surface area contributed by atoms with Gasteiger partial charge in [0.15, 0.2) is 0 Å². The first-order valence-electron chi connectivity index (χ1n) is 6.50. The molecule has 1 N–H and O–H groups in total. The molecule has 1 fully saturated rings. The van der Waals surface area contributed by atoms with E-state index in [4.69, 9.17) is 0 Å². The van der Waals surface area contributed by atoms with E-state index in [-0.39, 0.29) is 0 Å². The van der Waals surface area contributed by atoms with E-state index in [9.17, 15) is 0 Å². The quantitative estimate of drug-likeness (QED) is 0.787. The van der Waals surface area contributed by atoms with Gasteiger partial charge in [-0.15, -0.1) is 0 Å². The molecular weight excluding hydrogens is 196 g/mol. The summed E-state index contributed by atoms with van der Waals surface area (Å²) in [5.74, 6) is 0.766. The Hall–Kier alpha value is -0.890. The Labute approximate surface area is 98.5 Å². The van der Waals surface area contributed by atoms with E-state index < -0.39 is 0 Å². The van der Waals surface area contributed by atoms with Crippen LogP contribution in [0.5, 0.6) is 0 Å². The third-order valence-electron chi connectivity index (χ3n) is 3.69. The molecule has 1 aromatic rings. The summed E-state index contributed by atoms with van der Waals surface area (Å²) in [6, 6.07) is 6.66. The van der Waals surface area contributed by atoms with Gasteiger partial charge in [-0.1, -0.05) is 31.7 Å². The van der Waals surface area contributed by atoms with Crippen LogP contribution in [0.15, 0.2) is 24.4 Å². The van der Waals surface area contributed by atoms with Gasteiger partial charge in [0.05, 0.1) is 11.7 Å². The summed E-state index contributed by atoms with van der Waals surface area (Å²) in [6.45, 7) is 0. The largest absolute Gasteiger partial charge is 0.311 e. The van der Waals surface area contributed by atoms with Crippen molar-refractivity contribution in [3.05, 3.63) is 30.1 Å². The van der Waals surface area contributed by atoms with Crippen molar-refractivity contribution in [1.82, 2.24) is 10.3 Å². The van der Waals surface area contributed by atoms with Crippen LogP contribution in [0.3, 0.4) is 0 Å². The molecule has 1 aromatic heterocycles. The third kappa shape index (κ3) is 2.82. The lowest BCUT2D eigenvalue weighted by Crippen LogP contribution is -2.25. The lowest BCUT2D eigenvalue weighted by molar-refractivity contribution is 0.336. The van der Waals surface area contributed by atoms with E-state index in [1.54, 1.807) is 0 Å². The van der Waals surface area contributed by atoms with Crippen LogP contribution in [0.2, 0.25) is 0 Å². The first-order valence-corrected chi connectivity index (χ1v) is 6.50. The molecule has 0 aliphatic heterocycles. The molecule has 0 saturated heterocycles. The lowest BCUT2D eigenvalue weighted by atomic mass is 9.89. The van der Waals surface area contributed by atoms with Gasteiger partial charge in [0.1, 0.15) is 0 Å². The van der Waals surface area contributed by atoms with E-state index in [1.807, 2.05) is 12.3 Å². The number of hydrogen-bond acceptors (Lipinski definition) is 2. The molecule has 0 bridgehead atoms. The molecule has 0 amide bonds. The molecule has 2 nitrogen and oxygen atoms in total. The van der Waals surface area contributed by atoms with Crippen LogP contribution in [-0.2, 0) is 0 Å². The van der Waals surface area contributed by atoms with Crippen molar-refractivity contribution in [2.75, 3.05) is 7.05 Å². The summed E-state index contributed by atoms with van der Waals surface area (Å²) in [4.78, 5) is 4.49. The van der Waals surface area contributed by atoms with Gasteiger partial charge in [-0.2, -0.15) is 0 Å². The Morgan fingerprint density at radius 1 is 1.19 bits per heavy atom. The van der Waals surface area contributed by atoms with Crippen molar-refractivity contribution in [2.24, 2.45) is 5.92 Å². The van der Waals surface area contributed by atoms with Gasteiger partial charge < -0.3 is 5.32 Å². The Balaban J connectivity index is 2.09. The molecule has 1 aliphatic carbocycles. The Bertz CT molecular complexity index is 289. The number of rotatable bonds is 3. The predicted molar refractivity (Wildman–Crippen MR) is 67.2 cm³/mol. The Kier molecular flexibility index (Phi) is 4.34. The molecule has 1 aliphatic rings. The maximum absolute atomic E-state index is 4.49. The minimum absolute atomic E-state index is 0.444. The van der Waals surface area contributed by atoms with Crippen LogP contribution < -0.4 is 5.32 Å². The molecule has 0 aromatic carbocycles. The highest BCUT2D eigenvalue weighted by Gasteiger charge is 2.23. The molecule has 1 heterocycles. The van der Waals surface area contributed by atoms with Crippen LogP contribution in [0, 0.1) is 5.92 Å². The second kappa shape index (κ2) is 6.00. The van der Waals surface area contributed by atoms with Gasteiger partial charge in [0.2, 0.25) is 0 Å². The van der Waals surface area contributed by atoms with Crippen molar-refractivity contribution >= 4 is 0 Å². The average Bonchev–Trinajstić information content (AvgIpc) is 2.61. The zero-order valence-corrected chi connectivity index (χ0v) is 10.2. The fourth-order valence-corrected chi connectivity index (χ4v) is 2.83. The van der Waals surface area contributed by atoms with Crippen LogP contribution >= 0.6 is 0 Å². The van der Waals surface area contributed by atoms with Gasteiger partial charge in [-0.05, 0) is 37.9 Å². The maximum Gasteiger partial charge on any atom is 0.0575 e. The van der Waals surface area contributed by atoms with Gasteiger partial charge in [-0.3, -0.25) is 4.98 Å². The predicted octanol–water partition coefficient (Wildman–Crippen LogP) is 3.31. The van der Waals surface area contributed by atoms with E-state index in [0.29, 0.717) is 6.04 Å². The molecule has 16 heavy (non-hydrogen) atoms. The Morgan fingerprint density at radius 2 is 1.94 bits per heavy atom. The van der Waals surface area contributed by atoms with E-state index in [1.165, 1.54) is 44.2 Å². The summed E-state index contributed by atoms with van der Waals surface area (Å²) in [7, 11) is 2.06. The number of nitrogens with zero attached hydrogens (tertiary/aromatic N) is 1. The second-order valence-electron chi connectivity index (χ2n) is 4.77. The molecule has 88 valence electrons. The van der Waals surface area contributed by atoms with Crippen molar-refractivity contribution in [3.8, 4) is 0 Å². The minimum atomic E-state index is 0.444. The number of nitrogens with one attached hydrogen (secondary N) is 1. The van der Waals surface area contributed by atoms with Crippen molar-refractivity contribution in [1.29, 1.82) is 0 Å². The summed E-state index contributed by atoms with van der Waals surface area (Å²) in [5.41, 5.74) is 1.21. The average molecular weight is 218 g/mol. The van der Waals surface area contributed by atoms with Crippen molar-refractivity contribution < 1.29 is 0 Å². The summed E-state index contributed by atoms with van der Waals surface area (Å²) < 4.78 is 0. The first kappa shape index (κ1) is 11.6. The summed E-state index contributed by atoms with van der Waals surface area (Å²) in [5, 5.41) is 3.45. The second-order valence-corrected chi connectivity index (χ2v) is 4.77. The lowest BCUT2D eigenvalue weighted by Gasteiger charge is -2.25. The van der Waals surface area contributed by atoms with Gasteiger partial charge in [0.25, 0.3) is 0 Å². The maximum atomic E-state index is 4.49. The van der Waals surface area contributed by atoms with E-state index in [0.717, 1.165) is 5.92 Å². The normalized spacial score (nSPS) is 20.3. The van der Waals surface area contributed by atoms with E-state index >= 15 is 0 Å². The highest BCUT2D eigenvalue weighted by molar-refractivity contribution is 5.09. The molecule has 1 atom stereocenters. The minimum Gasteiger partial charge on any atom is -0.311 e. The highest BCUT2D eigenvalue weighted by Crippen LogP contribution is 2.32. The zero-order chi connectivity index (χ0) is 11.2. The number of hydrogen-bond donors (Lipinski definition) is 1. The molecule has 1 saturated carbocycles. The smallest absolute Gasteiger partial charge is 0.0575 e. The first-order chi connectivity index (χ1) is 7.92. The van der Waals surface area contributed by atoms with Crippen LogP contribution in [0.25, 0.3) is 0 Å². The van der Waals surface area contributed by atoms with Crippen molar-refractivity contribution in [2.45, 2.75) is 44.6 Å². The SMILES string of the molecule is CNC(c1ccccn1)C1CCCCCC1. The molecule has 1 unspecified atom stereocenters. The fraction of sp³-hybridized carbons (Fsp3) is 0.643. The number of aromatic nitrogens is 1. The standard InChI is InChI=1S/C14H22N2/c1-15-14(13-10-6-7-11-16-13)12-8-4-2-3-5-9-12/h6-7,10-12,14-15H,2-5,8-9H2,1H3. The monoisotopic (exact) mass is 218 g/mol. The third-order valence-corrected chi connectivity index (χ3v) is 3.69. The van der Waals surface area contributed by atoms with Gasteiger partial charge >= 0.3 is 0 Å². The van der Waals surface area contributed by atoms with Gasteiger partial charge in [0, 0.05) is 6.20 Å². The summed E-state index contributed by atoms with van der Waals surface area (Å²) in [6.07, 6.45) is 10.2. The Morgan fingerprint density at radius 3 is 2.50 bits per heavy atom. The van der Waals surface area contributed by atoms with Gasteiger partial charge in [-0.25, -0.2) is 0 Å². The fourth-order valence-electron chi connectivity index (χ4n) is 2.83. The molecule has 2 rings (SSSR count). The molecular formula is C14H22N2. The topological polar surface area (TPSA) is 24.9 Å². The summed E-state index contributed by atoms with van der Waals surface area (Å²) >= 11 is 0. The van der Waals surface area contributed by atoms with E-state index in [2.05, 4.69) is 29.5 Å². The highest BCUT2D eigenvalue weighted by atomic mass is 14.9.